The van der Waals surface area contributed by atoms with Crippen LogP contribution in [0.1, 0.15) is 16.7 Å². The summed E-state index contributed by atoms with van der Waals surface area (Å²) in [5.74, 6) is 1.15. The number of nitrogens with one attached hydrogen (secondary N) is 1. The number of aromatic nitrogens is 3. The van der Waals surface area contributed by atoms with Crippen molar-refractivity contribution in [3.05, 3.63) is 89.5 Å². The third-order valence-corrected chi connectivity index (χ3v) is 5.98. The summed E-state index contributed by atoms with van der Waals surface area (Å²) in [7, 11) is 0. The number of para-hydroxylation sites is 1. The van der Waals surface area contributed by atoms with Crippen LogP contribution in [0.3, 0.4) is 0 Å². The number of hydrogen-bond donors (Lipinski definition) is 2. The van der Waals surface area contributed by atoms with Gasteiger partial charge >= 0.3 is 0 Å². The molecule has 3 aromatic carbocycles. The van der Waals surface area contributed by atoms with Crippen molar-refractivity contribution in [3.8, 4) is 22.8 Å². The van der Waals surface area contributed by atoms with Gasteiger partial charge in [0.15, 0.2) is 11.0 Å². The molecular weight excluding hydrogens is 420 g/mol. The van der Waals surface area contributed by atoms with Crippen molar-refractivity contribution in [3.63, 3.8) is 0 Å². The first kappa shape index (κ1) is 21.6. The molecule has 0 aliphatic rings. The number of aromatic hydroxyl groups is 1. The minimum Gasteiger partial charge on any atom is -0.507 e. The lowest BCUT2D eigenvalue weighted by Gasteiger charge is -2.11. The van der Waals surface area contributed by atoms with Gasteiger partial charge < -0.3 is 10.4 Å². The maximum atomic E-state index is 12.5. The average Bonchev–Trinajstić information content (AvgIpc) is 3.25. The van der Waals surface area contributed by atoms with Crippen molar-refractivity contribution in [2.75, 3.05) is 5.75 Å². The zero-order valence-corrected chi connectivity index (χ0v) is 18.8. The van der Waals surface area contributed by atoms with E-state index in [4.69, 9.17) is 0 Å². The largest absolute Gasteiger partial charge is 0.507 e. The van der Waals surface area contributed by atoms with E-state index in [0.717, 1.165) is 33.8 Å². The monoisotopic (exact) mass is 444 g/mol. The molecule has 0 aliphatic heterocycles. The van der Waals surface area contributed by atoms with E-state index in [-0.39, 0.29) is 11.7 Å². The van der Waals surface area contributed by atoms with Crippen molar-refractivity contribution in [1.29, 1.82) is 0 Å². The van der Waals surface area contributed by atoms with Crippen LogP contribution in [-0.4, -0.2) is 31.5 Å². The average molecular weight is 445 g/mol. The van der Waals surface area contributed by atoms with Gasteiger partial charge in [0.25, 0.3) is 0 Å². The molecule has 0 atom stereocenters. The Morgan fingerprint density at radius 3 is 2.25 bits per heavy atom. The maximum Gasteiger partial charge on any atom is 0.230 e. The Labute approximate surface area is 191 Å². The highest BCUT2D eigenvalue weighted by molar-refractivity contribution is 7.99. The fourth-order valence-electron chi connectivity index (χ4n) is 3.48. The lowest BCUT2D eigenvalue weighted by molar-refractivity contribution is -0.118. The predicted molar refractivity (Wildman–Crippen MR) is 127 cm³/mol. The van der Waals surface area contributed by atoms with Crippen LogP contribution in [0.4, 0.5) is 0 Å². The predicted octanol–water partition coefficient (Wildman–Crippen LogP) is 4.67. The molecule has 2 N–H and O–H groups in total. The zero-order chi connectivity index (χ0) is 22.5. The zero-order valence-electron chi connectivity index (χ0n) is 17.9. The normalized spacial score (nSPS) is 10.8. The molecule has 6 nitrogen and oxygen atoms in total. The van der Waals surface area contributed by atoms with Gasteiger partial charge in [0.05, 0.1) is 5.75 Å². The topological polar surface area (TPSA) is 80.0 Å². The van der Waals surface area contributed by atoms with Crippen molar-refractivity contribution in [2.45, 2.75) is 25.5 Å². The van der Waals surface area contributed by atoms with Crippen LogP contribution in [0.25, 0.3) is 17.1 Å². The summed E-state index contributed by atoms with van der Waals surface area (Å²) in [6.07, 6.45) is 0. The van der Waals surface area contributed by atoms with Crippen LogP contribution < -0.4 is 5.32 Å². The van der Waals surface area contributed by atoms with E-state index >= 15 is 0 Å². The third-order valence-electron chi connectivity index (χ3n) is 5.05. The summed E-state index contributed by atoms with van der Waals surface area (Å²) in [6, 6.07) is 23.5. The second-order valence-corrected chi connectivity index (χ2v) is 8.43. The second kappa shape index (κ2) is 9.70. The molecule has 4 rings (SSSR count). The van der Waals surface area contributed by atoms with Gasteiger partial charge in [-0.3, -0.25) is 9.36 Å². The Kier molecular flexibility index (Phi) is 6.56. The number of benzene rings is 3. The fourth-order valence-corrected chi connectivity index (χ4v) is 4.26. The summed E-state index contributed by atoms with van der Waals surface area (Å²) in [5, 5.41) is 22.3. The van der Waals surface area contributed by atoms with E-state index in [1.54, 1.807) is 0 Å². The van der Waals surface area contributed by atoms with Gasteiger partial charge in [-0.15, -0.1) is 10.2 Å². The number of rotatable bonds is 7. The molecule has 162 valence electrons. The molecule has 1 amide bonds. The Bertz CT molecular complexity index is 1200. The van der Waals surface area contributed by atoms with Gasteiger partial charge in [-0.05, 0) is 42.7 Å². The van der Waals surface area contributed by atoms with Crippen LogP contribution in [-0.2, 0) is 11.3 Å². The highest BCUT2D eigenvalue weighted by Crippen LogP contribution is 2.28. The molecule has 0 fully saturated rings. The highest BCUT2D eigenvalue weighted by atomic mass is 32.2. The van der Waals surface area contributed by atoms with Gasteiger partial charge in [0, 0.05) is 17.8 Å². The number of carbonyl (C=O) groups is 1. The molecule has 0 saturated carbocycles. The molecule has 0 saturated heterocycles. The first-order valence-electron chi connectivity index (χ1n) is 10.3. The van der Waals surface area contributed by atoms with E-state index in [1.165, 1.54) is 11.8 Å². The number of amides is 1. The minimum atomic E-state index is -0.0951. The SMILES string of the molecule is Cc1cc(CNC(=O)CSc2nnc(-c3ccccc3)n2-c2ccccc2)cc(C)c1O. The summed E-state index contributed by atoms with van der Waals surface area (Å²) < 4.78 is 1.97. The Morgan fingerprint density at radius 2 is 1.59 bits per heavy atom. The summed E-state index contributed by atoms with van der Waals surface area (Å²) in [5.41, 5.74) is 4.45. The lowest BCUT2D eigenvalue weighted by atomic mass is 10.1. The standard InChI is InChI=1S/C25H24N4O2S/c1-17-13-19(14-18(2)23(17)31)15-26-22(30)16-32-25-28-27-24(20-9-5-3-6-10-20)29(25)21-11-7-4-8-12-21/h3-14,31H,15-16H2,1-2H3,(H,26,30). The Hall–Kier alpha value is -3.58. The van der Waals surface area contributed by atoms with Gasteiger partial charge in [0.1, 0.15) is 5.75 Å². The molecular formula is C25H24N4O2S. The van der Waals surface area contributed by atoms with Crippen molar-refractivity contribution >= 4 is 17.7 Å². The minimum absolute atomic E-state index is 0.0951. The highest BCUT2D eigenvalue weighted by Gasteiger charge is 2.17. The fraction of sp³-hybridized carbons (Fsp3) is 0.160. The van der Waals surface area contributed by atoms with Crippen LogP contribution in [0, 0.1) is 13.8 Å². The number of hydrogen-bond acceptors (Lipinski definition) is 5. The molecule has 1 aromatic heterocycles. The number of phenols is 1. The van der Waals surface area contributed by atoms with Crippen molar-refractivity contribution < 1.29 is 9.90 Å². The lowest BCUT2D eigenvalue weighted by Crippen LogP contribution is -2.24. The van der Waals surface area contributed by atoms with Gasteiger partial charge in [0.2, 0.25) is 5.91 Å². The molecule has 0 bridgehead atoms. The number of nitrogens with zero attached hydrogens (tertiary/aromatic N) is 3. The molecule has 0 unspecified atom stereocenters. The smallest absolute Gasteiger partial charge is 0.230 e. The van der Waals surface area contributed by atoms with Crippen LogP contribution >= 0.6 is 11.8 Å². The Morgan fingerprint density at radius 1 is 0.969 bits per heavy atom. The van der Waals surface area contributed by atoms with Crippen molar-refractivity contribution in [1.82, 2.24) is 20.1 Å². The summed E-state index contributed by atoms with van der Waals surface area (Å²) in [4.78, 5) is 12.5. The van der Waals surface area contributed by atoms with E-state index in [0.29, 0.717) is 17.5 Å². The number of aryl methyl sites for hydroxylation is 2. The second-order valence-electron chi connectivity index (χ2n) is 7.49. The van der Waals surface area contributed by atoms with Crippen LogP contribution in [0.5, 0.6) is 5.75 Å². The van der Waals surface area contributed by atoms with Crippen LogP contribution in [0.2, 0.25) is 0 Å². The molecule has 4 aromatic rings. The van der Waals surface area contributed by atoms with Crippen molar-refractivity contribution in [2.24, 2.45) is 0 Å². The van der Waals surface area contributed by atoms with E-state index in [2.05, 4.69) is 15.5 Å². The molecule has 32 heavy (non-hydrogen) atoms. The number of carbonyl (C=O) groups excluding carboxylic acids is 1. The van der Waals surface area contributed by atoms with Gasteiger partial charge in [-0.25, -0.2) is 0 Å². The van der Waals surface area contributed by atoms with E-state index in [1.807, 2.05) is 91.2 Å². The first-order chi connectivity index (χ1) is 15.5. The molecule has 0 spiro atoms. The Balaban J connectivity index is 1.48. The van der Waals surface area contributed by atoms with Crippen LogP contribution in [0.15, 0.2) is 78.0 Å². The number of thioether (sulfide) groups is 1. The van der Waals surface area contributed by atoms with E-state index in [9.17, 15) is 9.90 Å². The summed E-state index contributed by atoms with van der Waals surface area (Å²) >= 11 is 1.35. The van der Waals surface area contributed by atoms with Gasteiger partial charge in [-0.1, -0.05) is 72.4 Å². The molecule has 1 heterocycles. The number of phenolic OH excluding ortho intramolecular Hbond substituents is 1. The maximum absolute atomic E-state index is 12.5. The first-order valence-corrected chi connectivity index (χ1v) is 11.3. The van der Waals surface area contributed by atoms with Gasteiger partial charge in [-0.2, -0.15) is 0 Å². The van der Waals surface area contributed by atoms with E-state index < -0.39 is 0 Å². The molecule has 0 aliphatic carbocycles. The third kappa shape index (κ3) is 4.84. The quantitative estimate of drug-likeness (QED) is 0.405. The summed E-state index contributed by atoms with van der Waals surface area (Å²) in [6.45, 7) is 4.11. The molecule has 0 radical (unpaired) electrons. The molecule has 7 heteroatoms.